The molecule has 0 fully saturated rings. The van der Waals surface area contributed by atoms with Crippen molar-refractivity contribution in [2.45, 2.75) is 13.8 Å². The molecule has 0 unspecified atom stereocenters. The van der Waals surface area contributed by atoms with Crippen LogP contribution in [0.5, 0.6) is 0 Å². The summed E-state index contributed by atoms with van der Waals surface area (Å²) in [5.74, 6) is -0.988. The summed E-state index contributed by atoms with van der Waals surface area (Å²) in [5.41, 5.74) is 0. The number of ether oxygens (including phenoxy) is 1. The van der Waals surface area contributed by atoms with E-state index >= 15 is 0 Å². The fourth-order valence-electron chi connectivity index (χ4n) is 0.309. The van der Waals surface area contributed by atoms with Crippen LogP contribution >= 0.6 is 0 Å². The molecule has 0 bridgehead atoms. The summed E-state index contributed by atoms with van der Waals surface area (Å²) < 4.78 is 16.3. The van der Waals surface area contributed by atoms with Crippen molar-refractivity contribution in [3.63, 3.8) is 0 Å². The van der Waals surface area contributed by atoms with E-state index in [1.54, 1.807) is 0 Å². The minimum absolute atomic E-state index is 0.0481. The second-order valence-electron chi connectivity index (χ2n) is 1.50. The van der Waals surface area contributed by atoms with Crippen molar-refractivity contribution in [1.82, 2.24) is 5.12 Å². The Kier molecular flexibility index (Phi) is 3.38. The van der Waals surface area contributed by atoms with Crippen LogP contribution in [0.25, 0.3) is 0 Å². The lowest BCUT2D eigenvalue weighted by Gasteiger charge is -2.05. The Balaban J connectivity index is 3.82. The van der Waals surface area contributed by atoms with Crippen LogP contribution in [-0.2, 0) is 9.53 Å². The van der Waals surface area contributed by atoms with Crippen LogP contribution in [0.2, 0.25) is 0 Å². The monoisotopic (exact) mass is 149 g/mol. The molecule has 0 spiro atoms. The molecule has 0 N–H and O–H groups in total. The van der Waals surface area contributed by atoms with Crippen LogP contribution in [0.1, 0.15) is 13.8 Å². The zero-order valence-corrected chi connectivity index (χ0v) is 5.76. The topological polar surface area (TPSA) is 46.6 Å². The molecular formula is C5H8FNO3. The van der Waals surface area contributed by atoms with Crippen molar-refractivity contribution in [3.05, 3.63) is 0 Å². The molecule has 0 aliphatic rings. The van der Waals surface area contributed by atoms with Gasteiger partial charge in [-0.2, -0.15) is 0 Å². The lowest BCUT2D eigenvalue weighted by molar-refractivity contribution is -0.139. The number of hydrogen-bond donors (Lipinski definition) is 0. The molecule has 0 atom stereocenters. The van der Waals surface area contributed by atoms with Gasteiger partial charge in [0.2, 0.25) is 0 Å². The third-order valence-electron chi connectivity index (χ3n) is 0.705. The first kappa shape index (κ1) is 8.87. The lowest BCUT2D eigenvalue weighted by atomic mass is 10.7. The standard InChI is InChI=1S/C5H8FNO3/c1-3-10-5(9)7(6)4(2)8/h3H2,1-2H3. The number of imide groups is 1. The lowest BCUT2D eigenvalue weighted by Crippen LogP contribution is -2.27. The van der Waals surface area contributed by atoms with Gasteiger partial charge >= 0.3 is 6.09 Å². The van der Waals surface area contributed by atoms with E-state index in [9.17, 15) is 14.1 Å². The Morgan fingerprint density at radius 1 is 1.60 bits per heavy atom. The molecule has 0 rings (SSSR count). The zero-order chi connectivity index (χ0) is 8.15. The van der Waals surface area contributed by atoms with Crippen molar-refractivity contribution >= 4 is 12.0 Å². The maximum absolute atomic E-state index is 12.1. The molecule has 0 aliphatic carbocycles. The quantitative estimate of drug-likeness (QED) is 0.520. The second kappa shape index (κ2) is 3.81. The van der Waals surface area contributed by atoms with Crippen LogP contribution in [0, 0.1) is 0 Å². The van der Waals surface area contributed by atoms with Crippen LogP contribution < -0.4 is 0 Å². The van der Waals surface area contributed by atoms with E-state index in [2.05, 4.69) is 4.74 Å². The number of hydrogen-bond acceptors (Lipinski definition) is 3. The molecule has 0 radical (unpaired) electrons. The number of carbonyl (C=O) groups excluding carboxylic acids is 2. The van der Waals surface area contributed by atoms with Crippen molar-refractivity contribution in [1.29, 1.82) is 0 Å². The number of rotatable bonds is 1. The molecule has 0 heterocycles. The fraction of sp³-hybridized carbons (Fsp3) is 0.600. The largest absolute Gasteiger partial charge is 0.448 e. The van der Waals surface area contributed by atoms with Crippen LogP contribution in [0.15, 0.2) is 0 Å². The molecule has 0 aliphatic heterocycles. The van der Waals surface area contributed by atoms with E-state index in [1.165, 1.54) is 6.92 Å². The van der Waals surface area contributed by atoms with E-state index in [0.717, 1.165) is 6.92 Å². The predicted molar refractivity (Wildman–Crippen MR) is 30.6 cm³/mol. The first-order valence-electron chi connectivity index (χ1n) is 2.72. The first-order valence-corrected chi connectivity index (χ1v) is 2.72. The van der Waals surface area contributed by atoms with Crippen molar-refractivity contribution < 1.29 is 18.8 Å². The SMILES string of the molecule is CCOC(=O)N(F)C(C)=O. The average molecular weight is 149 g/mol. The first-order chi connectivity index (χ1) is 4.59. The van der Waals surface area contributed by atoms with Gasteiger partial charge in [0, 0.05) is 6.92 Å². The van der Waals surface area contributed by atoms with Crippen molar-refractivity contribution in [2.75, 3.05) is 6.61 Å². The number of nitrogens with zero attached hydrogens (tertiary/aromatic N) is 1. The molecule has 4 nitrogen and oxygen atoms in total. The van der Waals surface area contributed by atoms with Gasteiger partial charge in [-0.3, -0.25) is 4.79 Å². The van der Waals surface area contributed by atoms with Gasteiger partial charge < -0.3 is 4.74 Å². The highest BCUT2D eigenvalue weighted by Gasteiger charge is 2.17. The molecule has 0 aromatic rings. The Labute approximate surface area is 57.5 Å². The van der Waals surface area contributed by atoms with Crippen LogP contribution in [0.4, 0.5) is 9.28 Å². The van der Waals surface area contributed by atoms with Gasteiger partial charge in [0.15, 0.2) is 0 Å². The fourth-order valence-corrected chi connectivity index (χ4v) is 0.309. The van der Waals surface area contributed by atoms with Crippen molar-refractivity contribution in [3.8, 4) is 0 Å². The van der Waals surface area contributed by atoms with Gasteiger partial charge in [-0.25, -0.2) is 4.79 Å². The molecular weight excluding hydrogens is 141 g/mol. The minimum Gasteiger partial charge on any atom is -0.448 e. The predicted octanol–water partition coefficient (Wildman–Crippen LogP) is 0.876. The highest BCUT2D eigenvalue weighted by atomic mass is 19.2. The zero-order valence-electron chi connectivity index (χ0n) is 5.76. The van der Waals surface area contributed by atoms with E-state index in [4.69, 9.17) is 0 Å². The molecule has 58 valence electrons. The average Bonchev–Trinajstić information content (AvgIpc) is 1.87. The number of amides is 2. The highest BCUT2D eigenvalue weighted by molar-refractivity contribution is 5.88. The maximum Gasteiger partial charge on any atom is 0.445 e. The molecule has 0 aromatic heterocycles. The normalized spacial score (nSPS) is 8.70. The second-order valence-corrected chi connectivity index (χ2v) is 1.50. The Morgan fingerprint density at radius 2 is 2.10 bits per heavy atom. The smallest absolute Gasteiger partial charge is 0.445 e. The van der Waals surface area contributed by atoms with E-state index in [1.807, 2.05) is 0 Å². The van der Waals surface area contributed by atoms with Gasteiger partial charge in [0.25, 0.3) is 5.91 Å². The summed E-state index contributed by atoms with van der Waals surface area (Å²) in [4.78, 5) is 20.4. The Bertz CT molecular complexity index is 148. The molecule has 5 heteroatoms. The van der Waals surface area contributed by atoms with Gasteiger partial charge in [-0.05, 0) is 6.92 Å². The summed E-state index contributed by atoms with van der Waals surface area (Å²) in [6.07, 6.45) is -1.27. The Hall–Kier alpha value is -1.13. The number of halogens is 1. The van der Waals surface area contributed by atoms with Gasteiger partial charge in [0.05, 0.1) is 6.61 Å². The summed E-state index contributed by atoms with van der Waals surface area (Å²) in [6, 6.07) is 0. The minimum atomic E-state index is -1.27. The van der Waals surface area contributed by atoms with Gasteiger partial charge in [-0.1, -0.05) is 9.60 Å². The highest BCUT2D eigenvalue weighted by Crippen LogP contribution is 1.94. The van der Waals surface area contributed by atoms with E-state index < -0.39 is 17.1 Å². The third kappa shape index (κ3) is 2.43. The molecule has 0 saturated heterocycles. The number of carbonyl (C=O) groups is 2. The van der Waals surface area contributed by atoms with E-state index in [0.29, 0.717) is 0 Å². The summed E-state index contributed by atoms with van der Waals surface area (Å²) in [7, 11) is 0. The maximum atomic E-state index is 12.1. The van der Waals surface area contributed by atoms with Crippen molar-refractivity contribution in [2.24, 2.45) is 0 Å². The Morgan fingerprint density at radius 3 is 2.40 bits per heavy atom. The van der Waals surface area contributed by atoms with Gasteiger partial charge in [0.1, 0.15) is 0 Å². The molecule has 10 heavy (non-hydrogen) atoms. The molecule has 2 amide bonds. The third-order valence-corrected chi connectivity index (χ3v) is 0.705. The van der Waals surface area contributed by atoms with Gasteiger partial charge in [-0.15, -0.1) is 0 Å². The molecule has 0 saturated carbocycles. The van der Waals surface area contributed by atoms with Crippen LogP contribution in [-0.4, -0.2) is 23.7 Å². The summed E-state index contributed by atoms with van der Waals surface area (Å²) in [6.45, 7) is 2.50. The van der Waals surface area contributed by atoms with E-state index in [-0.39, 0.29) is 6.61 Å². The molecule has 0 aromatic carbocycles. The summed E-state index contributed by atoms with van der Waals surface area (Å²) in [5, 5.41) is -0.580. The van der Waals surface area contributed by atoms with Crippen LogP contribution in [0.3, 0.4) is 0 Å². The summed E-state index contributed by atoms with van der Waals surface area (Å²) >= 11 is 0.